The van der Waals surface area contributed by atoms with E-state index < -0.39 is 17.8 Å². The number of urea groups is 1. The molecule has 0 aromatic heterocycles. The zero-order chi connectivity index (χ0) is 17.6. The first kappa shape index (κ1) is 18.2. The zero-order valence-electron chi connectivity index (χ0n) is 13.4. The minimum atomic E-state index is -0.683. The van der Waals surface area contributed by atoms with Crippen molar-refractivity contribution in [1.82, 2.24) is 9.80 Å². The molecular formula is C16H20N4O3. The van der Waals surface area contributed by atoms with Crippen LogP contribution in [0.3, 0.4) is 0 Å². The smallest absolute Gasteiger partial charge is 0.339 e. The van der Waals surface area contributed by atoms with Gasteiger partial charge in [-0.2, -0.15) is 5.26 Å². The summed E-state index contributed by atoms with van der Waals surface area (Å²) in [6, 6.07) is 5.04. The predicted octanol–water partition coefficient (Wildman–Crippen LogP) is 1.81. The molecule has 1 aromatic carbocycles. The SMILES string of the molecule is CC(C)CCN(C(=O)c1ccc(C(N)=O)cc1)C(=O)N(C)C#N. The van der Waals surface area contributed by atoms with Crippen molar-refractivity contribution in [3.8, 4) is 6.19 Å². The van der Waals surface area contributed by atoms with Crippen molar-refractivity contribution in [1.29, 1.82) is 5.26 Å². The van der Waals surface area contributed by atoms with Crippen LogP contribution in [0.25, 0.3) is 0 Å². The Balaban J connectivity index is 3.04. The van der Waals surface area contributed by atoms with Crippen molar-refractivity contribution < 1.29 is 14.4 Å². The van der Waals surface area contributed by atoms with Crippen molar-refractivity contribution in [3.05, 3.63) is 35.4 Å². The van der Waals surface area contributed by atoms with E-state index in [1.807, 2.05) is 13.8 Å². The van der Waals surface area contributed by atoms with Crippen molar-refractivity contribution >= 4 is 17.8 Å². The summed E-state index contributed by atoms with van der Waals surface area (Å²) in [7, 11) is 1.30. The molecule has 23 heavy (non-hydrogen) atoms. The van der Waals surface area contributed by atoms with Gasteiger partial charge < -0.3 is 5.73 Å². The third kappa shape index (κ3) is 4.81. The van der Waals surface area contributed by atoms with E-state index in [4.69, 9.17) is 11.0 Å². The van der Waals surface area contributed by atoms with E-state index in [0.717, 1.165) is 9.80 Å². The third-order valence-corrected chi connectivity index (χ3v) is 3.26. The lowest BCUT2D eigenvalue weighted by Crippen LogP contribution is -2.43. The molecule has 0 saturated heterocycles. The average Bonchev–Trinajstić information content (AvgIpc) is 2.53. The number of imide groups is 1. The van der Waals surface area contributed by atoms with Gasteiger partial charge in [0.1, 0.15) is 0 Å². The molecule has 4 amide bonds. The second-order valence-corrected chi connectivity index (χ2v) is 5.52. The molecule has 0 aliphatic rings. The van der Waals surface area contributed by atoms with Gasteiger partial charge in [0.15, 0.2) is 6.19 Å². The largest absolute Gasteiger partial charge is 0.366 e. The van der Waals surface area contributed by atoms with E-state index in [1.165, 1.54) is 31.3 Å². The Labute approximate surface area is 135 Å². The molecule has 122 valence electrons. The normalized spacial score (nSPS) is 10.0. The summed E-state index contributed by atoms with van der Waals surface area (Å²) in [5.74, 6) is -0.822. The van der Waals surface area contributed by atoms with Crippen molar-refractivity contribution in [2.45, 2.75) is 20.3 Å². The summed E-state index contributed by atoms with van der Waals surface area (Å²) in [4.78, 5) is 37.7. The summed E-state index contributed by atoms with van der Waals surface area (Å²) in [6.07, 6.45) is 2.31. The fraction of sp³-hybridized carbons (Fsp3) is 0.375. The zero-order valence-corrected chi connectivity index (χ0v) is 13.4. The van der Waals surface area contributed by atoms with Crippen molar-refractivity contribution in [2.75, 3.05) is 13.6 Å². The number of rotatable bonds is 5. The lowest BCUT2D eigenvalue weighted by atomic mass is 10.1. The van der Waals surface area contributed by atoms with Crippen LogP contribution in [0.4, 0.5) is 4.79 Å². The Morgan fingerprint density at radius 3 is 2.13 bits per heavy atom. The Bertz CT molecular complexity index is 632. The first-order chi connectivity index (χ1) is 10.8. The highest BCUT2D eigenvalue weighted by Crippen LogP contribution is 2.12. The lowest BCUT2D eigenvalue weighted by Gasteiger charge is -2.23. The van der Waals surface area contributed by atoms with Crippen LogP contribution in [0.1, 0.15) is 41.0 Å². The molecule has 0 heterocycles. The van der Waals surface area contributed by atoms with Crippen LogP contribution in [0.2, 0.25) is 0 Å². The fourth-order valence-corrected chi connectivity index (χ4v) is 1.83. The molecule has 1 aromatic rings. The monoisotopic (exact) mass is 316 g/mol. The number of nitrogens with zero attached hydrogens (tertiary/aromatic N) is 3. The number of nitriles is 1. The van der Waals surface area contributed by atoms with E-state index in [1.54, 1.807) is 6.19 Å². The lowest BCUT2D eigenvalue weighted by molar-refractivity contribution is 0.0775. The van der Waals surface area contributed by atoms with Crippen LogP contribution in [-0.2, 0) is 0 Å². The number of carbonyl (C=O) groups is 3. The van der Waals surface area contributed by atoms with E-state index in [0.29, 0.717) is 12.3 Å². The minimum absolute atomic E-state index is 0.207. The van der Waals surface area contributed by atoms with Gasteiger partial charge in [-0.05, 0) is 36.6 Å². The molecule has 0 bridgehead atoms. The molecule has 0 fully saturated rings. The van der Waals surface area contributed by atoms with Gasteiger partial charge in [-0.3, -0.25) is 14.5 Å². The van der Waals surface area contributed by atoms with Crippen LogP contribution >= 0.6 is 0 Å². The fourth-order valence-electron chi connectivity index (χ4n) is 1.83. The first-order valence-electron chi connectivity index (χ1n) is 7.17. The molecule has 0 saturated carbocycles. The average molecular weight is 316 g/mol. The predicted molar refractivity (Wildman–Crippen MR) is 84.2 cm³/mol. The van der Waals surface area contributed by atoms with E-state index >= 15 is 0 Å². The molecular weight excluding hydrogens is 296 g/mol. The molecule has 1 rings (SSSR count). The Morgan fingerprint density at radius 2 is 1.70 bits per heavy atom. The van der Waals surface area contributed by atoms with E-state index in [-0.39, 0.29) is 17.7 Å². The second kappa shape index (κ2) is 7.94. The maximum absolute atomic E-state index is 12.6. The summed E-state index contributed by atoms with van der Waals surface area (Å²) >= 11 is 0. The summed E-state index contributed by atoms with van der Waals surface area (Å²) < 4.78 is 0. The Kier molecular flexibility index (Phi) is 6.27. The number of benzene rings is 1. The van der Waals surface area contributed by atoms with E-state index in [9.17, 15) is 14.4 Å². The molecule has 0 spiro atoms. The van der Waals surface area contributed by atoms with Crippen LogP contribution in [0.15, 0.2) is 24.3 Å². The van der Waals surface area contributed by atoms with Gasteiger partial charge in [-0.25, -0.2) is 9.69 Å². The highest BCUT2D eigenvalue weighted by atomic mass is 16.2. The minimum Gasteiger partial charge on any atom is -0.366 e. The van der Waals surface area contributed by atoms with Gasteiger partial charge in [0, 0.05) is 24.7 Å². The van der Waals surface area contributed by atoms with Crippen molar-refractivity contribution in [3.63, 3.8) is 0 Å². The topological polar surface area (TPSA) is 108 Å². The number of hydrogen-bond acceptors (Lipinski definition) is 4. The van der Waals surface area contributed by atoms with Gasteiger partial charge in [-0.1, -0.05) is 13.8 Å². The van der Waals surface area contributed by atoms with Gasteiger partial charge >= 0.3 is 6.03 Å². The molecule has 0 unspecified atom stereocenters. The van der Waals surface area contributed by atoms with Crippen molar-refractivity contribution in [2.24, 2.45) is 11.7 Å². The highest BCUT2D eigenvalue weighted by molar-refractivity contribution is 6.05. The maximum Gasteiger partial charge on any atom is 0.339 e. The number of carbonyl (C=O) groups excluding carboxylic acids is 3. The van der Waals surface area contributed by atoms with Gasteiger partial charge in [0.2, 0.25) is 5.91 Å². The highest BCUT2D eigenvalue weighted by Gasteiger charge is 2.25. The van der Waals surface area contributed by atoms with Crippen LogP contribution in [0, 0.1) is 17.4 Å². The standard InChI is InChI=1S/C16H20N4O3/c1-11(2)8-9-20(16(23)19(3)10-17)15(22)13-6-4-12(5-7-13)14(18)21/h4-7,11H,8-9H2,1-3H3,(H2,18,21). The molecule has 0 aliphatic heterocycles. The van der Waals surface area contributed by atoms with Crippen LogP contribution < -0.4 is 5.73 Å². The number of primary amides is 1. The van der Waals surface area contributed by atoms with Crippen LogP contribution in [-0.4, -0.2) is 41.2 Å². The van der Waals surface area contributed by atoms with Crippen LogP contribution in [0.5, 0.6) is 0 Å². The maximum atomic E-state index is 12.6. The number of hydrogen-bond donors (Lipinski definition) is 1. The quantitative estimate of drug-likeness (QED) is 0.660. The first-order valence-corrected chi connectivity index (χ1v) is 7.17. The summed E-state index contributed by atoms with van der Waals surface area (Å²) in [6.45, 7) is 4.16. The Morgan fingerprint density at radius 1 is 1.17 bits per heavy atom. The van der Waals surface area contributed by atoms with Gasteiger partial charge in [0.25, 0.3) is 5.91 Å². The summed E-state index contributed by atoms with van der Waals surface area (Å²) in [5.41, 5.74) is 5.68. The molecule has 7 nitrogen and oxygen atoms in total. The van der Waals surface area contributed by atoms with Gasteiger partial charge in [-0.15, -0.1) is 0 Å². The van der Waals surface area contributed by atoms with E-state index in [2.05, 4.69) is 0 Å². The molecule has 0 atom stereocenters. The number of amides is 4. The summed E-state index contributed by atoms with van der Waals surface area (Å²) in [5, 5.41) is 8.85. The molecule has 0 radical (unpaired) electrons. The molecule has 7 heteroatoms. The molecule has 0 aliphatic carbocycles. The Hall–Kier alpha value is -2.88. The van der Waals surface area contributed by atoms with Gasteiger partial charge in [0.05, 0.1) is 0 Å². The second-order valence-electron chi connectivity index (χ2n) is 5.52. The number of nitrogens with two attached hydrogens (primary N) is 1. The molecule has 2 N–H and O–H groups in total. The third-order valence-electron chi connectivity index (χ3n) is 3.26.